The van der Waals surface area contributed by atoms with Crippen LogP contribution < -0.4 is 4.74 Å². The summed E-state index contributed by atoms with van der Waals surface area (Å²) in [6.45, 7) is 3.25. The molecule has 1 aliphatic rings. The summed E-state index contributed by atoms with van der Waals surface area (Å²) in [6.07, 6.45) is -3.38. The second-order valence-electron chi connectivity index (χ2n) is 3.12. The van der Waals surface area contributed by atoms with Gasteiger partial charge in [0, 0.05) is 5.56 Å². The maximum absolute atomic E-state index is 12.5. The van der Waals surface area contributed by atoms with Crippen LogP contribution in [-0.2, 0) is 0 Å². The van der Waals surface area contributed by atoms with Crippen molar-refractivity contribution in [3.05, 3.63) is 47.7 Å². The number of fused-ring (bicyclic) bond motifs is 1. The molecule has 0 amide bonds. The number of hydrogen-bond donors (Lipinski definition) is 0. The molecular weight excluding hydrogens is 205 g/mol. The Hall–Kier alpha value is -1.71. The first-order valence-electron chi connectivity index (χ1n) is 4.23. The molecule has 1 aliphatic heterocycles. The van der Waals surface area contributed by atoms with Gasteiger partial charge in [0.25, 0.3) is 0 Å². The predicted octanol–water partition coefficient (Wildman–Crippen LogP) is 3.54. The molecule has 78 valence electrons. The van der Waals surface area contributed by atoms with Crippen LogP contribution in [0.1, 0.15) is 5.56 Å². The molecule has 0 fully saturated rings. The molecule has 1 nitrogen and oxygen atoms in total. The van der Waals surface area contributed by atoms with Gasteiger partial charge in [-0.2, -0.15) is 13.2 Å². The fourth-order valence-corrected chi connectivity index (χ4v) is 1.36. The van der Waals surface area contributed by atoms with Crippen LogP contribution in [0, 0.1) is 0 Å². The molecule has 0 radical (unpaired) electrons. The standard InChI is InChI=1S/C11H7F3O/c1-7-9(11(12,13)14)6-8-4-2-3-5-10(8)15-7/h2-6H,1H2. The smallest absolute Gasteiger partial charge is 0.419 e. The maximum Gasteiger partial charge on any atom is 0.419 e. The lowest BCUT2D eigenvalue weighted by atomic mass is 10.1. The molecule has 0 aliphatic carbocycles. The van der Waals surface area contributed by atoms with Gasteiger partial charge in [-0.25, -0.2) is 0 Å². The highest BCUT2D eigenvalue weighted by molar-refractivity contribution is 5.67. The van der Waals surface area contributed by atoms with Crippen molar-refractivity contribution in [1.82, 2.24) is 0 Å². The highest BCUT2D eigenvalue weighted by Crippen LogP contribution is 2.38. The average Bonchev–Trinajstić information content (AvgIpc) is 2.15. The minimum absolute atomic E-state index is 0.360. The van der Waals surface area contributed by atoms with Crippen molar-refractivity contribution in [2.75, 3.05) is 0 Å². The topological polar surface area (TPSA) is 9.23 Å². The van der Waals surface area contributed by atoms with Crippen LogP contribution in [0.25, 0.3) is 6.08 Å². The molecule has 15 heavy (non-hydrogen) atoms. The molecular formula is C11H7F3O. The van der Waals surface area contributed by atoms with Gasteiger partial charge >= 0.3 is 6.18 Å². The van der Waals surface area contributed by atoms with Gasteiger partial charge in [-0.1, -0.05) is 24.8 Å². The van der Waals surface area contributed by atoms with Gasteiger partial charge in [0.1, 0.15) is 11.5 Å². The summed E-state index contributed by atoms with van der Waals surface area (Å²) in [5.41, 5.74) is -0.418. The molecule has 0 aromatic heterocycles. The third-order valence-electron chi connectivity index (χ3n) is 2.06. The molecule has 0 atom stereocenters. The lowest BCUT2D eigenvalue weighted by molar-refractivity contribution is -0.0912. The van der Waals surface area contributed by atoms with Gasteiger partial charge in [0.2, 0.25) is 0 Å². The van der Waals surface area contributed by atoms with E-state index >= 15 is 0 Å². The van der Waals surface area contributed by atoms with E-state index in [-0.39, 0.29) is 5.76 Å². The van der Waals surface area contributed by atoms with E-state index in [9.17, 15) is 13.2 Å². The van der Waals surface area contributed by atoms with Crippen molar-refractivity contribution in [2.45, 2.75) is 6.18 Å². The highest BCUT2D eigenvalue weighted by atomic mass is 19.4. The SMILES string of the molecule is C=C1Oc2ccccc2C=C1C(F)(F)F. The predicted molar refractivity (Wildman–Crippen MR) is 50.2 cm³/mol. The summed E-state index contributed by atoms with van der Waals surface area (Å²) < 4.78 is 42.4. The first-order valence-corrected chi connectivity index (χ1v) is 4.23. The third-order valence-corrected chi connectivity index (χ3v) is 2.06. The Labute approximate surface area is 84.5 Å². The summed E-state index contributed by atoms with van der Waals surface area (Å²) in [7, 11) is 0. The number of allylic oxidation sites excluding steroid dienone is 1. The highest BCUT2D eigenvalue weighted by Gasteiger charge is 2.38. The number of hydrogen-bond acceptors (Lipinski definition) is 1. The van der Waals surface area contributed by atoms with Crippen LogP contribution in [-0.4, -0.2) is 6.18 Å². The van der Waals surface area contributed by atoms with Gasteiger partial charge in [-0.15, -0.1) is 0 Å². The van der Waals surface area contributed by atoms with E-state index in [1.807, 2.05) is 0 Å². The molecule has 4 heteroatoms. The molecule has 0 saturated carbocycles. The zero-order chi connectivity index (χ0) is 11.1. The van der Waals surface area contributed by atoms with Gasteiger partial charge in [-0.05, 0) is 12.1 Å². The summed E-state index contributed by atoms with van der Waals surface area (Å²) in [4.78, 5) is 0. The maximum atomic E-state index is 12.5. The van der Waals surface area contributed by atoms with E-state index in [4.69, 9.17) is 4.74 Å². The summed E-state index contributed by atoms with van der Waals surface area (Å²) in [5.74, 6) is 0.0386. The van der Waals surface area contributed by atoms with Gasteiger partial charge in [0.15, 0.2) is 0 Å². The first kappa shape index (κ1) is 9.83. The zero-order valence-corrected chi connectivity index (χ0v) is 7.64. The summed E-state index contributed by atoms with van der Waals surface area (Å²) >= 11 is 0. The van der Waals surface area contributed by atoms with Crippen LogP contribution in [0.4, 0.5) is 13.2 Å². The lowest BCUT2D eigenvalue weighted by Gasteiger charge is -2.21. The van der Waals surface area contributed by atoms with Gasteiger partial charge in [-0.3, -0.25) is 0 Å². The van der Waals surface area contributed by atoms with E-state index < -0.39 is 11.7 Å². The average molecular weight is 212 g/mol. The zero-order valence-electron chi connectivity index (χ0n) is 7.64. The Balaban J connectivity index is 2.53. The fourth-order valence-electron chi connectivity index (χ4n) is 1.36. The van der Waals surface area contributed by atoms with Crippen molar-refractivity contribution in [3.8, 4) is 5.75 Å². The Bertz CT molecular complexity index is 443. The van der Waals surface area contributed by atoms with Crippen LogP contribution in [0.2, 0.25) is 0 Å². The van der Waals surface area contributed by atoms with E-state index in [0.717, 1.165) is 6.08 Å². The summed E-state index contributed by atoms with van der Waals surface area (Å²) in [6, 6.07) is 6.51. The Kier molecular flexibility index (Phi) is 2.07. The normalized spacial score (nSPS) is 15.4. The largest absolute Gasteiger partial charge is 0.457 e. The molecule has 2 rings (SSSR count). The number of alkyl halides is 3. The van der Waals surface area contributed by atoms with Crippen molar-refractivity contribution in [1.29, 1.82) is 0 Å². The molecule has 0 spiro atoms. The molecule has 0 bridgehead atoms. The second kappa shape index (κ2) is 3.15. The lowest BCUT2D eigenvalue weighted by Crippen LogP contribution is -2.18. The Morgan fingerprint density at radius 1 is 1.13 bits per heavy atom. The molecule has 1 heterocycles. The third kappa shape index (κ3) is 1.75. The summed E-state index contributed by atoms with van der Waals surface area (Å²) in [5, 5.41) is 0. The van der Waals surface area contributed by atoms with E-state index in [1.165, 1.54) is 0 Å². The number of halogens is 3. The van der Waals surface area contributed by atoms with Crippen molar-refractivity contribution < 1.29 is 17.9 Å². The molecule has 0 N–H and O–H groups in total. The number of para-hydroxylation sites is 1. The van der Waals surface area contributed by atoms with Crippen LogP contribution in [0.3, 0.4) is 0 Å². The molecule has 0 saturated heterocycles. The first-order chi connectivity index (χ1) is 6.98. The van der Waals surface area contributed by atoms with Crippen molar-refractivity contribution in [2.24, 2.45) is 0 Å². The molecule has 1 aromatic carbocycles. The van der Waals surface area contributed by atoms with E-state index in [2.05, 4.69) is 6.58 Å². The Morgan fingerprint density at radius 2 is 1.80 bits per heavy atom. The van der Waals surface area contributed by atoms with Gasteiger partial charge in [0.05, 0.1) is 5.57 Å². The van der Waals surface area contributed by atoms with Crippen molar-refractivity contribution >= 4 is 6.08 Å². The van der Waals surface area contributed by atoms with Crippen LogP contribution >= 0.6 is 0 Å². The van der Waals surface area contributed by atoms with Crippen molar-refractivity contribution in [3.63, 3.8) is 0 Å². The molecule has 1 aromatic rings. The minimum atomic E-state index is -4.43. The monoisotopic (exact) mass is 212 g/mol. The molecule has 0 unspecified atom stereocenters. The van der Waals surface area contributed by atoms with Crippen LogP contribution in [0.5, 0.6) is 5.75 Å². The quantitative estimate of drug-likeness (QED) is 0.639. The number of ether oxygens (including phenoxy) is 1. The Morgan fingerprint density at radius 3 is 2.47 bits per heavy atom. The van der Waals surface area contributed by atoms with E-state index in [1.54, 1.807) is 24.3 Å². The van der Waals surface area contributed by atoms with Crippen LogP contribution in [0.15, 0.2) is 42.2 Å². The van der Waals surface area contributed by atoms with Gasteiger partial charge < -0.3 is 4.74 Å². The second-order valence-corrected chi connectivity index (χ2v) is 3.12. The number of benzene rings is 1. The van der Waals surface area contributed by atoms with E-state index in [0.29, 0.717) is 11.3 Å². The number of rotatable bonds is 0. The fraction of sp³-hybridized carbons (Fsp3) is 0.0909. The minimum Gasteiger partial charge on any atom is -0.457 e.